The minimum absolute atomic E-state index is 0.113. The average Bonchev–Trinajstić information content (AvgIpc) is 2.44. The van der Waals surface area contributed by atoms with Gasteiger partial charge in [-0.05, 0) is 23.1 Å². The Hall–Kier alpha value is -1.88. The number of rotatable bonds is 6. The second-order valence-corrected chi connectivity index (χ2v) is 6.26. The molecule has 0 aliphatic rings. The molecule has 1 aromatic rings. The highest BCUT2D eigenvalue weighted by molar-refractivity contribution is 5.75. The Morgan fingerprint density at radius 3 is 2.45 bits per heavy atom. The van der Waals surface area contributed by atoms with Gasteiger partial charge in [-0.3, -0.25) is 0 Å². The average molecular weight is 308 g/mol. The highest BCUT2D eigenvalue weighted by atomic mass is 19.1. The molecule has 1 aromatic carbocycles. The summed E-state index contributed by atoms with van der Waals surface area (Å²) in [5, 5.41) is 12.0. The summed E-state index contributed by atoms with van der Waals surface area (Å²) >= 11 is 0. The van der Waals surface area contributed by atoms with Crippen molar-refractivity contribution >= 4 is 6.03 Å². The second kappa shape index (κ2) is 7.94. The van der Waals surface area contributed by atoms with Gasteiger partial charge >= 0.3 is 6.03 Å². The number of carbonyl (C=O) groups is 1. The van der Waals surface area contributed by atoms with E-state index < -0.39 is 0 Å². The van der Waals surface area contributed by atoms with Crippen molar-refractivity contribution in [3.8, 4) is 0 Å². The van der Waals surface area contributed by atoms with Gasteiger partial charge in [0.25, 0.3) is 0 Å². The van der Waals surface area contributed by atoms with Crippen LogP contribution in [0.25, 0.3) is 0 Å². The number of carbonyl (C=O) groups excluding carboxylic acids is 1. The molecular weight excluding hydrogens is 283 g/mol. The Balaban J connectivity index is 2.96. The molecule has 0 saturated heterocycles. The fourth-order valence-electron chi connectivity index (χ4n) is 2.22. The third kappa shape index (κ3) is 5.15. The van der Waals surface area contributed by atoms with Crippen LogP contribution in [0.2, 0.25) is 0 Å². The molecule has 4 nitrogen and oxygen atoms in total. The summed E-state index contributed by atoms with van der Waals surface area (Å²) in [5.74, 6) is -0.309. The molecule has 0 radical (unpaired) electrons. The maximum absolute atomic E-state index is 13.1. The predicted octanol–water partition coefficient (Wildman–Crippen LogP) is 3.10. The van der Waals surface area contributed by atoms with E-state index in [2.05, 4.69) is 11.9 Å². The molecule has 0 aliphatic carbocycles. The summed E-state index contributed by atoms with van der Waals surface area (Å²) in [6, 6.07) is 5.57. The van der Waals surface area contributed by atoms with Crippen molar-refractivity contribution in [3.63, 3.8) is 0 Å². The minimum atomic E-state index is -0.309. The zero-order chi connectivity index (χ0) is 16.8. The van der Waals surface area contributed by atoms with E-state index in [1.807, 2.05) is 20.8 Å². The first-order valence-electron chi connectivity index (χ1n) is 7.32. The molecule has 0 saturated carbocycles. The zero-order valence-electron chi connectivity index (χ0n) is 13.5. The summed E-state index contributed by atoms with van der Waals surface area (Å²) in [7, 11) is 0. The summed E-state index contributed by atoms with van der Waals surface area (Å²) in [6.07, 6.45) is 1.61. The lowest BCUT2D eigenvalue weighted by atomic mass is 9.82. The van der Waals surface area contributed by atoms with Crippen LogP contribution in [0.4, 0.5) is 9.18 Å². The lowest BCUT2D eigenvalue weighted by molar-refractivity contribution is 0.169. The van der Waals surface area contributed by atoms with Crippen LogP contribution in [-0.2, 0) is 0 Å². The van der Waals surface area contributed by atoms with E-state index >= 15 is 0 Å². The fourth-order valence-corrected chi connectivity index (χ4v) is 2.22. The first-order chi connectivity index (χ1) is 10.3. The van der Waals surface area contributed by atoms with Crippen molar-refractivity contribution in [3.05, 3.63) is 48.3 Å². The Morgan fingerprint density at radius 2 is 2.00 bits per heavy atom. The minimum Gasteiger partial charge on any atom is -0.395 e. The van der Waals surface area contributed by atoms with Crippen molar-refractivity contribution in [1.29, 1.82) is 0 Å². The van der Waals surface area contributed by atoms with Gasteiger partial charge in [0.05, 0.1) is 12.6 Å². The van der Waals surface area contributed by atoms with Crippen molar-refractivity contribution in [1.82, 2.24) is 10.2 Å². The number of hydrogen-bond acceptors (Lipinski definition) is 2. The number of benzene rings is 1. The fraction of sp³-hybridized carbons (Fsp3) is 0.471. The summed E-state index contributed by atoms with van der Waals surface area (Å²) < 4.78 is 13.1. The maximum Gasteiger partial charge on any atom is 0.318 e. The molecule has 0 fully saturated rings. The highest BCUT2D eigenvalue weighted by Crippen LogP contribution is 2.32. The lowest BCUT2D eigenvalue weighted by Crippen LogP contribution is -2.46. The molecule has 122 valence electrons. The van der Waals surface area contributed by atoms with Gasteiger partial charge in [0.15, 0.2) is 0 Å². The standard InChI is InChI=1S/C17H25FN2O2/c1-5-10-20(11-12-21)16(22)19-15(17(2,3)4)13-6-8-14(18)9-7-13/h5-9,15,21H,1,10-12H2,2-4H3,(H,19,22). The van der Waals surface area contributed by atoms with Gasteiger partial charge in [-0.2, -0.15) is 0 Å². The molecule has 0 aliphatic heterocycles. The number of aliphatic hydroxyl groups is 1. The van der Waals surface area contributed by atoms with Crippen LogP contribution >= 0.6 is 0 Å². The van der Waals surface area contributed by atoms with Gasteiger partial charge < -0.3 is 15.3 Å². The zero-order valence-corrected chi connectivity index (χ0v) is 13.5. The summed E-state index contributed by atoms with van der Waals surface area (Å²) in [5.41, 5.74) is 0.594. The van der Waals surface area contributed by atoms with Gasteiger partial charge in [0.2, 0.25) is 0 Å². The van der Waals surface area contributed by atoms with Crippen LogP contribution in [0.15, 0.2) is 36.9 Å². The Bertz CT molecular complexity index is 494. The molecule has 0 spiro atoms. The third-order valence-electron chi connectivity index (χ3n) is 3.34. The quantitative estimate of drug-likeness (QED) is 0.793. The van der Waals surface area contributed by atoms with Gasteiger partial charge in [-0.15, -0.1) is 6.58 Å². The lowest BCUT2D eigenvalue weighted by Gasteiger charge is -2.34. The Labute approximate surface area is 131 Å². The van der Waals surface area contributed by atoms with Crippen molar-refractivity contribution in [2.24, 2.45) is 5.41 Å². The summed E-state index contributed by atoms with van der Waals surface area (Å²) in [6.45, 7) is 10.1. The normalized spacial score (nSPS) is 12.6. The van der Waals surface area contributed by atoms with E-state index in [-0.39, 0.29) is 36.5 Å². The van der Waals surface area contributed by atoms with E-state index in [4.69, 9.17) is 5.11 Å². The van der Waals surface area contributed by atoms with Crippen LogP contribution < -0.4 is 5.32 Å². The third-order valence-corrected chi connectivity index (χ3v) is 3.34. The topological polar surface area (TPSA) is 52.6 Å². The van der Waals surface area contributed by atoms with Gasteiger partial charge in [-0.1, -0.05) is 39.0 Å². The van der Waals surface area contributed by atoms with Crippen LogP contribution in [0.3, 0.4) is 0 Å². The van der Waals surface area contributed by atoms with Crippen molar-refractivity contribution in [2.45, 2.75) is 26.8 Å². The van der Waals surface area contributed by atoms with Gasteiger partial charge in [0.1, 0.15) is 5.82 Å². The van der Waals surface area contributed by atoms with Crippen molar-refractivity contribution in [2.75, 3.05) is 19.7 Å². The molecular formula is C17H25FN2O2. The molecule has 22 heavy (non-hydrogen) atoms. The number of nitrogens with one attached hydrogen (secondary N) is 1. The molecule has 0 aromatic heterocycles. The molecule has 1 unspecified atom stereocenters. The molecule has 0 heterocycles. The Morgan fingerprint density at radius 1 is 1.41 bits per heavy atom. The Kier molecular flexibility index (Phi) is 6.56. The maximum atomic E-state index is 13.1. The van der Waals surface area contributed by atoms with E-state index in [9.17, 15) is 9.18 Å². The number of hydrogen-bond donors (Lipinski definition) is 2. The molecule has 2 amide bonds. The molecule has 2 N–H and O–H groups in total. The monoisotopic (exact) mass is 308 g/mol. The number of amides is 2. The SMILES string of the molecule is C=CCN(CCO)C(=O)NC(c1ccc(F)cc1)C(C)(C)C. The number of urea groups is 1. The van der Waals surface area contributed by atoms with Crippen molar-refractivity contribution < 1.29 is 14.3 Å². The van der Waals surface area contributed by atoms with E-state index in [0.717, 1.165) is 5.56 Å². The van der Waals surface area contributed by atoms with Crippen LogP contribution in [0, 0.1) is 11.2 Å². The van der Waals surface area contributed by atoms with Gasteiger partial charge in [0, 0.05) is 13.1 Å². The van der Waals surface area contributed by atoms with E-state index in [0.29, 0.717) is 6.54 Å². The molecule has 0 bridgehead atoms. The molecule has 1 rings (SSSR count). The van der Waals surface area contributed by atoms with E-state index in [1.54, 1.807) is 18.2 Å². The number of halogens is 1. The van der Waals surface area contributed by atoms with E-state index in [1.165, 1.54) is 17.0 Å². The second-order valence-electron chi connectivity index (χ2n) is 6.26. The molecule has 1 atom stereocenters. The first kappa shape index (κ1) is 18.2. The largest absolute Gasteiger partial charge is 0.395 e. The van der Waals surface area contributed by atoms with Crippen LogP contribution in [0.5, 0.6) is 0 Å². The highest BCUT2D eigenvalue weighted by Gasteiger charge is 2.29. The number of nitrogens with zero attached hydrogens (tertiary/aromatic N) is 1. The molecule has 5 heteroatoms. The number of aliphatic hydroxyl groups excluding tert-OH is 1. The van der Waals surface area contributed by atoms with Crippen LogP contribution in [0.1, 0.15) is 32.4 Å². The predicted molar refractivity (Wildman–Crippen MR) is 86.0 cm³/mol. The smallest absolute Gasteiger partial charge is 0.318 e. The first-order valence-corrected chi connectivity index (χ1v) is 7.32. The van der Waals surface area contributed by atoms with Crippen LogP contribution in [-0.4, -0.2) is 35.7 Å². The van der Waals surface area contributed by atoms with Gasteiger partial charge in [-0.25, -0.2) is 9.18 Å². The summed E-state index contributed by atoms with van der Waals surface area (Å²) in [4.78, 5) is 13.9.